The summed E-state index contributed by atoms with van der Waals surface area (Å²) in [5.41, 5.74) is 8.15. The molecule has 0 bridgehead atoms. The Kier molecular flexibility index (Phi) is 5.33. The van der Waals surface area contributed by atoms with Crippen LogP contribution in [-0.4, -0.2) is 24.8 Å². The molecule has 34 heavy (non-hydrogen) atoms. The van der Waals surface area contributed by atoms with Gasteiger partial charge in [-0.15, -0.1) is 0 Å². The number of hydrogen-bond donors (Lipinski definition) is 2. The standard InChI is InChI=1S/C25H21BrClN3O4/c1-12-15(27)5-3-6-17(12)30-18-7-4-8-19(31)20(18)25(21(22(30)28)23(32)34-2)14-11-13(26)9-10-16(14)29-24(25)33/h3,5-6,9-11H,4,7-8,28H2,1-2H3,(H,29,33). The lowest BCUT2D eigenvalue weighted by Gasteiger charge is -2.44. The van der Waals surface area contributed by atoms with E-state index in [-0.39, 0.29) is 29.2 Å². The molecule has 1 atom stereocenters. The number of ether oxygens (including phenoxy) is 1. The third-order valence-electron chi connectivity index (χ3n) is 6.75. The highest BCUT2D eigenvalue weighted by molar-refractivity contribution is 9.10. The van der Waals surface area contributed by atoms with Crippen molar-refractivity contribution in [3.05, 3.63) is 79.7 Å². The van der Waals surface area contributed by atoms with E-state index in [2.05, 4.69) is 21.2 Å². The fourth-order valence-electron chi connectivity index (χ4n) is 5.29. The van der Waals surface area contributed by atoms with Crippen LogP contribution in [0.3, 0.4) is 0 Å². The van der Waals surface area contributed by atoms with Gasteiger partial charge in [-0.3, -0.25) is 14.5 Å². The minimum Gasteiger partial charge on any atom is -0.466 e. The second-order valence-corrected chi connectivity index (χ2v) is 9.79. The molecule has 0 saturated carbocycles. The Morgan fingerprint density at radius 2 is 2.00 bits per heavy atom. The number of fused-ring (bicyclic) bond motifs is 3. The van der Waals surface area contributed by atoms with Gasteiger partial charge >= 0.3 is 5.97 Å². The molecular weight excluding hydrogens is 522 g/mol. The summed E-state index contributed by atoms with van der Waals surface area (Å²) in [4.78, 5) is 42.5. The molecule has 7 nitrogen and oxygen atoms in total. The largest absolute Gasteiger partial charge is 0.466 e. The van der Waals surface area contributed by atoms with Crippen molar-refractivity contribution in [2.75, 3.05) is 17.3 Å². The second kappa shape index (κ2) is 7.99. The lowest BCUT2D eigenvalue weighted by Crippen LogP contribution is -2.53. The number of methoxy groups -OCH3 is 1. The van der Waals surface area contributed by atoms with Gasteiger partial charge in [0.25, 0.3) is 0 Å². The van der Waals surface area contributed by atoms with Crippen LogP contribution in [0.1, 0.15) is 30.4 Å². The van der Waals surface area contributed by atoms with Crippen LogP contribution in [0.2, 0.25) is 5.02 Å². The highest BCUT2D eigenvalue weighted by Crippen LogP contribution is 2.56. The zero-order valence-electron chi connectivity index (χ0n) is 18.5. The van der Waals surface area contributed by atoms with Crippen LogP contribution >= 0.6 is 27.5 Å². The molecule has 174 valence electrons. The van der Waals surface area contributed by atoms with Crippen molar-refractivity contribution in [2.24, 2.45) is 5.73 Å². The Morgan fingerprint density at radius 1 is 1.24 bits per heavy atom. The average Bonchev–Trinajstić information content (AvgIpc) is 3.08. The molecule has 9 heteroatoms. The van der Waals surface area contributed by atoms with E-state index in [1.807, 2.05) is 13.0 Å². The normalized spacial score (nSPS) is 21.6. The third kappa shape index (κ3) is 2.91. The number of nitrogens with two attached hydrogens (primary N) is 1. The number of nitrogens with one attached hydrogen (secondary N) is 1. The minimum atomic E-state index is -1.72. The Balaban J connectivity index is 1.94. The van der Waals surface area contributed by atoms with E-state index >= 15 is 0 Å². The van der Waals surface area contributed by atoms with Crippen molar-refractivity contribution in [3.63, 3.8) is 0 Å². The van der Waals surface area contributed by atoms with Gasteiger partial charge in [0.1, 0.15) is 16.8 Å². The molecule has 2 aromatic carbocycles. The highest BCUT2D eigenvalue weighted by atomic mass is 79.9. The maximum atomic E-state index is 13.8. The number of nitrogens with zero attached hydrogens (tertiary/aromatic N) is 1. The Labute approximate surface area is 209 Å². The van der Waals surface area contributed by atoms with Crippen molar-refractivity contribution in [1.29, 1.82) is 0 Å². The first kappa shape index (κ1) is 22.7. The summed E-state index contributed by atoms with van der Waals surface area (Å²) < 4.78 is 5.84. The van der Waals surface area contributed by atoms with Gasteiger partial charge in [0.05, 0.1) is 12.8 Å². The number of carbonyl (C=O) groups excluding carboxylic acids is 3. The first-order valence-corrected chi connectivity index (χ1v) is 11.9. The third-order valence-corrected chi connectivity index (χ3v) is 7.65. The summed E-state index contributed by atoms with van der Waals surface area (Å²) in [6, 6.07) is 10.6. The van der Waals surface area contributed by atoms with Gasteiger partial charge in [-0.2, -0.15) is 0 Å². The molecule has 1 unspecified atom stereocenters. The minimum absolute atomic E-state index is 0.0358. The molecule has 1 spiro atoms. The van der Waals surface area contributed by atoms with Crippen molar-refractivity contribution in [1.82, 2.24) is 0 Å². The van der Waals surface area contributed by atoms with Gasteiger partial charge in [-0.05, 0) is 55.7 Å². The Hall–Kier alpha value is -3.10. The lowest BCUT2D eigenvalue weighted by atomic mass is 9.63. The second-order valence-electron chi connectivity index (χ2n) is 8.46. The van der Waals surface area contributed by atoms with Gasteiger partial charge in [-0.1, -0.05) is 33.6 Å². The van der Waals surface area contributed by atoms with Crippen LogP contribution in [0.15, 0.2) is 63.5 Å². The number of rotatable bonds is 2. The van der Waals surface area contributed by atoms with Crippen molar-refractivity contribution in [3.8, 4) is 0 Å². The van der Waals surface area contributed by atoms with Crippen LogP contribution in [0.4, 0.5) is 11.4 Å². The maximum absolute atomic E-state index is 13.8. The topological polar surface area (TPSA) is 102 Å². The van der Waals surface area contributed by atoms with Crippen molar-refractivity contribution >= 4 is 56.6 Å². The SMILES string of the molecule is COC(=O)C1=C(N)N(c2cccc(Cl)c2C)C2=C(C(=O)CCC2)C12C(=O)Nc1ccc(Br)cc12. The van der Waals surface area contributed by atoms with Crippen LogP contribution in [-0.2, 0) is 24.5 Å². The van der Waals surface area contributed by atoms with Crippen LogP contribution in [0.25, 0.3) is 0 Å². The van der Waals surface area contributed by atoms with E-state index in [9.17, 15) is 14.4 Å². The predicted molar refractivity (Wildman–Crippen MR) is 132 cm³/mol. The number of ketones is 1. The number of Topliss-reactive ketones (excluding diaryl/α,β-unsaturated/α-hetero) is 1. The fraction of sp³-hybridized carbons (Fsp3) is 0.240. The summed E-state index contributed by atoms with van der Waals surface area (Å²) in [6.45, 7) is 1.84. The van der Waals surface area contributed by atoms with Crippen LogP contribution in [0, 0.1) is 6.92 Å². The number of amides is 1. The number of carbonyl (C=O) groups is 3. The van der Waals surface area contributed by atoms with E-state index in [0.717, 1.165) is 5.56 Å². The fourth-order valence-corrected chi connectivity index (χ4v) is 5.83. The number of hydrogen-bond acceptors (Lipinski definition) is 6. The van der Waals surface area contributed by atoms with E-state index in [4.69, 9.17) is 22.1 Å². The van der Waals surface area contributed by atoms with Gasteiger partial charge in [0, 0.05) is 38.4 Å². The van der Waals surface area contributed by atoms with Crippen LogP contribution in [0.5, 0.6) is 0 Å². The molecule has 0 fully saturated rings. The number of esters is 1. The smallest absolute Gasteiger partial charge is 0.339 e. The molecule has 1 aliphatic carbocycles. The molecule has 2 aliphatic heterocycles. The van der Waals surface area contributed by atoms with E-state index in [0.29, 0.717) is 45.0 Å². The van der Waals surface area contributed by atoms with E-state index < -0.39 is 17.3 Å². The Morgan fingerprint density at radius 3 is 2.74 bits per heavy atom. The summed E-state index contributed by atoms with van der Waals surface area (Å²) >= 11 is 9.88. The lowest BCUT2D eigenvalue weighted by molar-refractivity contribution is -0.138. The van der Waals surface area contributed by atoms with Gasteiger partial charge < -0.3 is 15.8 Å². The molecule has 0 aromatic heterocycles. The summed E-state index contributed by atoms with van der Waals surface area (Å²) in [7, 11) is 1.23. The molecule has 0 saturated heterocycles. The first-order chi connectivity index (χ1) is 16.2. The quantitative estimate of drug-likeness (QED) is 0.543. The number of halogens is 2. The summed E-state index contributed by atoms with van der Waals surface area (Å²) in [5.74, 6) is -1.46. The molecule has 2 heterocycles. The average molecular weight is 543 g/mol. The molecular formula is C25H21BrClN3O4. The molecule has 2 aromatic rings. The van der Waals surface area contributed by atoms with Crippen molar-refractivity contribution in [2.45, 2.75) is 31.6 Å². The molecule has 3 aliphatic rings. The Bertz CT molecular complexity index is 1370. The number of anilines is 2. The van der Waals surface area contributed by atoms with Gasteiger partial charge in [-0.25, -0.2) is 4.79 Å². The van der Waals surface area contributed by atoms with E-state index in [1.165, 1.54) is 7.11 Å². The number of allylic oxidation sites excluding steroid dienone is 1. The monoisotopic (exact) mass is 541 g/mol. The van der Waals surface area contributed by atoms with Crippen molar-refractivity contribution < 1.29 is 19.1 Å². The summed E-state index contributed by atoms with van der Waals surface area (Å²) in [5, 5.41) is 3.38. The highest BCUT2D eigenvalue weighted by Gasteiger charge is 2.62. The molecule has 1 amide bonds. The maximum Gasteiger partial charge on any atom is 0.339 e. The molecule has 0 radical (unpaired) electrons. The molecule has 3 N–H and O–H groups in total. The van der Waals surface area contributed by atoms with Crippen LogP contribution < -0.4 is 16.0 Å². The van der Waals surface area contributed by atoms with Gasteiger partial charge in [0.2, 0.25) is 5.91 Å². The zero-order chi connectivity index (χ0) is 24.4. The summed E-state index contributed by atoms with van der Waals surface area (Å²) in [6.07, 6.45) is 1.35. The zero-order valence-corrected chi connectivity index (χ0v) is 20.8. The first-order valence-electron chi connectivity index (χ1n) is 10.8. The predicted octanol–water partition coefficient (Wildman–Crippen LogP) is 4.47. The number of benzene rings is 2. The molecule has 5 rings (SSSR count). The van der Waals surface area contributed by atoms with Gasteiger partial charge in [0.15, 0.2) is 5.78 Å². The van der Waals surface area contributed by atoms with E-state index in [1.54, 1.807) is 35.2 Å².